The zero-order chi connectivity index (χ0) is 33.0. The van der Waals surface area contributed by atoms with Crippen LogP contribution in [0.25, 0.3) is 55.5 Å². The van der Waals surface area contributed by atoms with Crippen LogP contribution in [0.5, 0.6) is 0 Å². The van der Waals surface area contributed by atoms with Gasteiger partial charge in [-0.1, -0.05) is 121 Å². The van der Waals surface area contributed by atoms with Crippen LogP contribution in [-0.4, -0.2) is 11.0 Å². The third-order valence-corrected chi connectivity index (χ3v) is 10.5. The van der Waals surface area contributed by atoms with Crippen molar-refractivity contribution in [3.63, 3.8) is 0 Å². The summed E-state index contributed by atoms with van der Waals surface area (Å²) in [6.45, 7) is 0. The summed E-state index contributed by atoms with van der Waals surface area (Å²) in [5, 5.41) is 2.32. The van der Waals surface area contributed by atoms with Crippen LogP contribution in [0.15, 0.2) is 174 Å². The van der Waals surface area contributed by atoms with Crippen molar-refractivity contribution in [1.82, 2.24) is 4.98 Å². The van der Waals surface area contributed by atoms with Crippen LogP contribution in [0.3, 0.4) is 0 Å². The van der Waals surface area contributed by atoms with E-state index < -0.39 is 0 Å². The maximum Gasteiger partial charge on any atom is 0.135 e. The smallest absolute Gasteiger partial charge is 0.135 e. The number of pyridine rings is 1. The van der Waals surface area contributed by atoms with Crippen molar-refractivity contribution in [1.29, 1.82) is 0 Å². The number of nitrogens with zero attached hydrogens (tertiary/aromatic N) is 2. The molecule has 50 heavy (non-hydrogen) atoms. The molecule has 238 valence electrons. The lowest BCUT2D eigenvalue weighted by Gasteiger charge is -2.30. The Kier molecular flexibility index (Phi) is 6.76. The number of aromatic nitrogens is 1. The molecule has 10 rings (SSSR count). The fourth-order valence-corrected chi connectivity index (χ4v) is 8.00. The molecule has 7 aromatic rings. The highest BCUT2D eigenvalue weighted by atomic mass is 16.3. The van der Waals surface area contributed by atoms with Crippen molar-refractivity contribution in [2.45, 2.75) is 24.8 Å². The van der Waals surface area contributed by atoms with Gasteiger partial charge in [-0.15, -0.1) is 0 Å². The van der Waals surface area contributed by atoms with Gasteiger partial charge in [-0.05, 0) is 94.8 Å². The number of anilines is 2. The molecule has 0 bridgehead atoms. The van der Waals surface area contributed by atoms with Crippen LogP contribution >= 0.6 is 0 Å². The zero-order valence-corrected chi connectivity index (χ0v) is 27.5. The first-order valence-corrected chi connectivity index (χ1v) is 17.5. The minimum absolute atomic E-state index is 0.193. The SMILES string of the molecule is C1=CCCC(c2cc(-c3ccccc3)cc(-c3ccc(N4c5ccccc5C5C=C(c6ccc7oc8ccccc8c7c6)C=CC54)cc3)n2)=C1. The van der Waals surface area contributed by atoms with Crippen LogP contribution in [0.4, 0.5) is 11.4 Å². The third-order valence-electron chi connectivity index (χ3n) is 10.5. The molecule has 1 aliphatic heterocycles. The van der Waals surface area contributed by atoms with Gasteiger partial charge in [0.05, 0.1) is 17.4 Å². The highest BCUT2D eigenvalue weighted by Gasteiger charge is 2.38. The van der Waals surface area contributed by atoms with E-state index in [0.717, 1.165) is 51.7 Å². The molecule has 0 fully saturated rings. The first-order chi connectivity index (χ1) is 24.8. The predicted octanol–water partition coefficient (Wildman–Crippen LogP) is 12.3. The number of benzene rings is 5. The summed E-state index contributed by atoms with van der Waals surface area (Å²) in [5.41, 5.74) is 15.0. The summed E-state index contributed by atoms with van der Waals surface area (Å²) >= 11 is 0. The molecule has 2 aromatic heterocycles. The molecule has 5 aromatic carbocycles. The van der Waals surface area contributed by atoms with Crippen LogP contribution in [-0.2, 0) is 0 Å². The Bertz CT molecular complexity index is 2550. The van der Waals surface area contributed by atoms with E-state index in [9.17, 15) is 0 Å². The van der Waals surface area contributed by atoms with Gasteiger partial charge in [0.15, 0.2) is 0 Å². The van der Waals surface area contributed by atoms with Gasteiger partial charge in [0, 0.05) is 33.6 Å². The highest BCUT2D eigenvalue weighted by Crippen LogP contribution is 2.49. The monoisotopic (exact) mass is 642 g/mol. The molecule has 3 aliphatic rings. The number of rotatable bonds is 5. The summed E-state index contributed by atoms with van der Waals surface area (Å²) in [7, 11) is 0. The number of allylic oxidation sites excluding steroid dienone is 6. The molecule has 3 nitrogen and oxygen atoms in total. The predicted molar refractivity (Wildman–Crippen MR) is 207 cm³/mol. The van der Waals surface area contributed by atoms with Crippen LogP contribution in [0.1, 0.15) is 35.6 Å². The molecule has 2 aliphatic carbocycles. The Morgan fingerprint density at radius 3 is 2.30 bits per heavy atom. The molecule has 0 N–H and O–H groups in total. The van der Waals surface area contributed by atoms with Gasteiger partial charge in [0.1, 0.15) is 11.2 Å². The average molecular weight is 643 g/mol. The minimum atomic E-state index is 0.193. The summed E-state index contributed by atoms with van der Waals surface area (Å²) in [5.74, 6) is 0.243. The maximum absolute atomic E-state index is 6.12. The summed E-state index contributed by atoms with van der Waals surface area (Å²) in [6, 6.07) is 48.0. The van der Waals surface area contributed by atoms with Gasteiger partial charge in [0.2, 0.25) is 0 Å². The largest absolute Gasteiger partial charge is 0.456 e. The number of para-hydroxylation sites is 2. The molecule has 0 saturated heterocycles. The Balaban J connectivity index is 0.999. The Morgan fingerprint density at radius 2 is 1.42 bits per heavy atom. The molecule has 0 amide bonds. The van der Waals surface area contributed by atoms with Crippen molar-refractivity contribution >= 4 is 44.5 Å². The van der Waals surface area contributed by atoms with Crippen LogP contribution < -0.4 is 4.90 Å². The van der Waals surface area contributed by atoms with E-state index in [1.807, 2.05) is 12.1 Å². The van der Waals surface area contributed by atoms with Gasteiger partial charge >= 0.3 is 0 Å². The van der Waals surface area contributed by atoms with Crippen molar-refractivity contribution < 1.29 is 4.42 Å². The number of hydrogen-bond donors (Lipinski definition) is 0. The van der Waals surface area contributed by atoms with E-state index in [1.165, 1.54) is 44.8 Å². The first kappa shape index (κ1) is 28.8. The fourth-order valence-electron chi connectivity index (χ4n) is 8.00. The van der Waals surface area contributed by atoms with Gasteiger partial charge in [-0.3, -0.25) is 0 Å². The molecule has 2 unspecified atom stereocenters. The molecule has 3 heterocycles. The minimum Gasteiger partial charge on any atom is -0.456 e. The topological polar surface area (TPSA) is 29.3 Å². The van der Waals surface area contributed by atoms with Gasteiger partial charge in [-0.2, -0.15) is 0 Å². The van der Waals surface area contributed by atoms with Crippen LogP contribution in [0.2, 0.25) is 0 Å². The lowest BCUT2D eigenvalue weighted by molar-refractivity contribution is 0.669. The number of hydrogen-bond acceptors (Lipinski definition) is 3. The summed E-state index contributed by atoms with van der Waals surface area (Å²) in [4.78, 5) is 7.71. The van der Waals surface area contributed by atoms with Crippen molar-refractivity contribution in [3.8, 4) is 22.4 Å². The normalized spacial score (nSPS) is 17.9. The third kappa shape index (κ3) is 4.85. The molecular weight excluding hydrogens is 609 g/mol. The van der Waals surface area contributed by atoms with Crippen molar-refractivity contribution in [3.05, 3.63) is 187 Å². The van der Waals surface area contributed by atoms with E-state index >= 15 is 0 Å². The quantitative estimate of drug-likeness (QED) is 0.187. The molecule has 3 heteroatoms. The van der Waals surface area contributed by atoms with E-state index in [1.54, 1.807) is 0 Å². The number of fused-ring (bicyclic) bond motifs is 6. The molecule has 0 radical (unpaired) electrons. The lowest BCUT2D eigenvalue weighted by atomic mass is 9.86. The molecular formula is C47H34N2O. The Morgan fingerprint density at radius 1 is 0.640 bits per heavy atom. The summed E-state index contributed by atoms with van der Waals surface area (Å²) < 4.78 is 6.12. The van der Waals surface area contributed by atoms with Gasteiger partial charge in [0.25, 0.3) is 0 Å². The summed E-state index contributed by atoms with van der Waals surface area (Å²) in [6.07, 6.45) is 15.8. The van der Waals surface area contributed by atoms with E-state index in [2.05, 4.69) is 163 Å². The standard InChI is InChI=1S/C47H34N2O/c1-3-11-31(12-4-1)36-29-42(32-13-5-2-6-14-32)48-43(30-36)33-19-23-37(24-20-33)49-44-17-9-7-15-38(44)40-27-34(21-25-45(40)49)35-22-26-47-41(28-35)39-16-8-10-18-46(39)50-47/h1-5,7-13,15-30,40,45H,6,14H2. The maximum atomic E-state index is 6.12. The van der Waals surface area contributed by atoms with Crippen LogP contribution in [0, 0.1) is 0 Å². The van der Waals surface area contributed by atoms with Crippen molar-refractivity contribution in [2.24, 2.45) is 0 Å². The van der Waals surface area contributed by atoms with Gasteiger partial charge in [-0.25, -0.2) is 4.98 Å². The van der Waals surface area contributed by atoms with E-state index in [4.69, 9.17) is 9.40 Å². The second-order valence-electron chi connectivity index (χ2n) is 13.4. The van der Waals surface area contributed by atoms with E-state index in [-0.39, 0.29) is 12.0 Å². The fraction of sp³-hybridized carbons (Fsp3) is 0.0851. The second-order valence-corrected chi connectivity index (χ2v) is 13.4. The van der Waals surface area contributed by atoms with Crippen molar-refractivity contribution in [2.75, 3.05) is 4.90 Å². The Hall–Kier alpha value is -6.19. The van der Waals surface area contributed by atoms with Gasteiger partial charge < -0.3 is 9.32 Å². The van der Waals surface area contributed by atoms with E-state index in [0.29, 0.717) is 0 Å². The second kappa shape index (κ2) is 11.7. The Labute approximate surface area is 291 Å². The molecule has 2 atom stereocenters. The average Bonchev–Trinajstić information content (AvgIpc) is 3.73. The highest BCUT2D eigenvalue weighted by molar-refractivity contribution is 6.06. The number of furan rings is 1. The molecule has 0 saturated carbocycles. The first-order valence-electron chi connectivity index (χ1n) is 17.5. The zero-order valence-electron chi connectivity index (χ0n) is 27.5. The molecule has 0 spiro atoms. The lowest BCUT2D eigenvalue weighted by Crippen LogP contribution is -2.28.